The van der Waals surface area contributed by atoms with Crippen LogP contribution in [0.1, 0.15) is 19.4 Å². The van der Waals surface area contributed by atoms with Crippen molar-refractivity contribution < 1.29 is 19.1 Å². The minimum Gasteiger partial charge on any atom is -0.464 e. The lowest BCUT2D eigenvalue weighted by atomic mass is 10.2. The van der Waals surface area contributed by atoms with Gasteiger partial charge in [-0.25, -0.2) is 9.69 Å². The van der Waals surface area contributed by atoms with Crippen LogP contribution in [0.4, 0.5) is 0 Å². The SMILES string of the molecule is COC(=O)/C(=C/c1ccccc1)N(C(C)=O)C(C)=O. The number of benzene rings is 1. The third-order valence-corrected chi connectivity index (χ3v) is 2.37. The number of carbonyl (C=O) groups is 3. The van der Waals surface area contributed by atoms with Crippen LogP contribution in [-0.4, -0.2) is 29.8 Å². The summed E-state index contributed by atoms with van der Waals surface area (Å²) in [6, 6.07) is 8.89. The number of esters is 1. The number of amides is 2. The average Bonchev–Trinajstić information content (AvgIpc) is 2.37. The van der Waals surface area contributed by atoms with E-state index in [2.05, 4.69) is 4.74 Å². The smallest absolute Gasteiger partial charge is 0.355 e. The maximum absolute atomic E-state index is 11.7. The maximum Gasteiger partial charge on any atom is 0.355 e. The van der Waals surface area contributed by atoms with E-state index in [9.17, 15) is 14.4 Å². The molecule has 0 saturated heterocycles. The Hall–Kier alpha value is -2.43. The van der Waals surface area contributed by atoms with Gasteiger partial charge in [-0.3, -0.25) is 9.59 Å². The molecule has 1 rings (SSSR count). The van der Waals surface area contributed by atoms with Gasteiger partial charge in [0.15, 0.2) is 0 Å². The molecule has 0 saturated carbocycles. The predicted molar refractivity (Wildman–Crippen MR) is 69.6 cm³/mol. The van der Waals surface area contributed by atoms with E-state index in [0.29, 0.717) is 5.56 Å². The second-order valence-electron chi connectivity index (χ2n) is 3.81. The van der Waals surface area contributed by atoms with Crippen molar-refractivity contribution in [1.82, 2.24) is 4.90 Å². The van der Waals surface area contributed by atoms with Gasteiger partial charge < -0.3 is 4.74 Å². The topological polar surface area (TPSA) is 63.7 Å². The van der Waals surface area contributed by atoms with Gasteiger partial charge in [0.05, 0.1) is 7.11 Å². The van der Waals surface area contributed by atoms with E-state index in [1.807, 2.05) is 6.07 Å². The van der Waals surface area contributed by atoms with Crippen LogP contribution in [0.25, 0.3) is 6.08 Å². The first-order valence-corrected chi connectivity index (χ1v) is 5.63. The minimum absolute atomic E-state index is 0.103. The van der Waals surface area contributed by atoms with Crippen molar-refractivity contribution in [2.75, 3.05) is 7.11 Å². The molecule has 0 radical (unpaired) electrons. The van der Waals surface area contributed by atoms with E-state index in [0.717, 1.165) is 4.90 Å². The summed E-state index contributed by atoms with van der Waals surface area (Å²) in [6.45, 7) is 2.42. The molecule has 0 unspecified atom stereocenters. The zero-order valence-corrected chi connectivity index (χ0v) is 11.0. The number of nitrogens with zero attached hydrogens (tertiary/aromatic N) is 1. The van der Waals surface area contributed by atoms with Crippen LogP contribution in [0.5, 0.6) is 0 Å². The zero-order chi connectivity index (χ0) is 14.4. The Morgan fingerprint density at radius 2 is 1.58 bits per heavy atom. The summed E-state index contributed by atoms with van der Waals surface area (Å²) in [6.07, 6.45) is 1.44. The molecular formula is C14H15NO4. The third kappa shape index (κ3) is 3.77. The minimum atomic E-state index is -0.741. The lowest BCUT2D eigenvalue weighted by molar-refractivity contribution is -0.147. The predicted octanol–water partition coefficient (Wildman–Crippen LogP) is 1.60. The number of ether oxygens (including phenoxy) is 1. The summed E-state index contributed by atoms with van der Waals surface area (Å²) < 4.78 is 4.61. The van der Waals surface area contributed by atoms with Crippen molar-refractivity contribution in [3.8, 4) is 0 Å². The highest BCUT2D eigenvalue weighted by molar-refractivity contribution is 6.06. The summed E-state index contributed by atoms with van der Waals surface area (Å²) in [7, 11) is 1.19. The van der Waals surface area contributed by atoms with E-state index in [-0.39, 0.29) is 5.70 Å². The fraction of sp³-hybridized carbons (Fsp3) is 0.214. The molecule has 0 spiro atoms. The molecule has 0 heterocycles. The summed E-state index contributed by atoms with van der Waals surface area (Å²) >= 11 is 0. The molecule has 0 aliphatic rings. The summed E-state index contributed by atoms with van der Waals surface area (Å²) in [5.41, 5.74) is 0.587. The molecule has 0 aliphatic carbocycles. The normalized spacial score (nSPS) is 10.8. The fourth-order valence-corrected chi connectivity index (χ4v) is 1.59. The number of carbonyl (C=O) groups excluding carboxylic acids is 3. The first-order chi connectivity index (χ1) is 8.97. The zero-order valence-electron chi connectivity index (χ0n) is 11.0. The lowest BCUT2D eigenvalue weighted by Gasteiger charge is -2.18. The molecule has 100 valence electrons. The van der Waals surface area contributed by atoms with Crippen molar-refractivity contribution in [2.24, 2.45) is 0 Å². The number of methoxy groups -OCH3 is 1. The van der Waals surface area contributed by atoms with Crippen LogP contribution in [0.3, 0.4) is 0 Å². The van der Waals surface area contributed by atoms with Gasteiger partial charge in [-0.1, -0.05) is 30.3 Å². The van der Waals surface area contributed by atoms with Gasteiger partial charge in [-0.2, -0.15) is 0 Å². The maximum atomic E-state index is 11.7. The molecule has 0 atom stereocenters. The van der Waals surface area contributed by atoms with E-state index in [1.54, 1.807) is 24.3 Å². The molecule has 1 aromatic carbocycles. The fourth-order valence-electron chi connectivity index (χ4n) is 1.59. The molecule has 0 bridgehead atoms. The van der Waals surface area contributed by atoms with Crippen LogP contribution in [0.15, 0.2) is 36.0 Å². The van der Waals surface area contributed by atoms with E-state index < -0.39 is 17.8 Å². The summed E-state index contributed by atoms with van der Waals surface area (Å²) in [5, 5.41) is 0. The van der Waals surface area contributed by atoms with Crippen LogP contribution < -0.4 is 0 Å². The van der Waals surface area contributed by atoms with Crippen molar-refractivity contribution in [1.29, 1.82) is 0 Å². The van der Waals surface area contributed by atoms with Gasteiger partial charge in [0.2, 0.25) is 11.8 Å². The largest absolute Gasteiger partial charge is 0.464 e. The van der Waals surface area contributed by atoms with Gasteiger partial charge in [0.1, 0.15) is 5.70 Å². The number of hydrogen-bond donors (Lipinski definition) is 0. The first-order valence-electron chi connectivity index (χ1n) is 5.63. The Bertz CT molecular complexity index is 506. The second kappa shape index (κ2) is 6.49. The Kier molecular flexibility index (Phi) is 5.00. The van der Waals surface area contributed by atoms with Crippen LogP contribution >= 0.6 is 0 Å². The number of imide groups is 1. The second-order valence-corrected chi connectivity index (χ2v) is 3.81. The van der Waals surface area contributed by atoms with Gasteiger partial charge in [-0.15, -0.1) is 0 Å². The third-order valence-electron chi connectivity index (χ3n) is 2.37. The number of hydrogen-bond acceptors (Lipinski definition) is 4. The van der Waals surface area contributed by atoms with E-state index in [4.69, 9.17) is 0 Å². The Balaban J connectivity index is 3.29. The van der Waals surface area contributed by atoms with Crippen molar-refractivity contribution in [2.45, 2.75) is 13.8 Å². The molecule has 19 heavy (non-hydrogen) atoms. The highest BCUT2D eigenvalue weighted by Gasteiger charge is 2.25. The highest BCUT2D eigenvalue weighted by Crippen LogP contribution is 2.13. The first kappa shape index (κ1) is 14.6. The molecule has 1 aromatic rings. The van der Waals surface area contributed by atoms with E-state index >= 15 is 0 Å². The quantitative estimate of drug-likeness (QED) is 0.612. The van der Waals surface area contributed by atoms with Gasteiger partial charge in [0, 0.05) is 13.8 Å². The standard InChI is InChI=1S/C14H15NO4/c1-10(16)15(11(2)17)13(14(18)19-3)9-12-7-5-4-6-8-12/h4-9H,1-3H3/b13-9-. The Morgan fingerprint density at radius 3 is 2.00 bits per heavy atom. The monoisotopic (exact) mass is 261 g/mol. The van der Waals surface area contributed by atoms with Crippen molar-refractivity contribution >= 4 is 23.9 Å². The van der Waals surface area contributed by atoms with Gasteiger partial charge in [-0.05, 0) is 11.6 Å². The molecule has 0 N–H and O–H groups in total. The molecule has 2 amide bonds. The molecule has 5 nitrogen and oxygen atoms in total. The molecule has 0 aromatic heterocycles. The van der Waals surface area contributed by atoms with Gasteiger partial charge in [0.25, 0.3) is 0 Å². The van der Waals surface area contributed by atoms with Crippen LogP contribution in [-0.2, 0) is 19.1 Å². The average molecular weight is 261 g/mol. The lowest BCUT2D eigenvalue weighted by Crippen LogP contribution is -2.36. The van der Waals surface area contributed by atoms with Crippen molar-refractivity contribution in [3.63, 3.8) is 0 Å². The van der Waals surface area contributed by atoms with Gasteiger partial charge >= 0.3 is 5.97 Å². The Morgan fingerprint density at radius 1 is 1.05 bits per heavy atom. The van der Waals surface area contributed by atoms with Crippen molar-refractivity contribution in [3.05, 3.63) is 41.6 Å². The van der Waals surface area contributed by atoms with Crippen LogP contribution in [0, 0.1) is 0 Å². The molecule has 5 heteroatoms. The molecular weight excluding hydrogens is 246 g/mol. The summed E-state index contributed by atoms with van der Waals surface area (Å²) in [5.74, 6) is -1.82. The van der Waals surface area contributed by atoms with E-state index in [1.165, 1.54) is 27.0 Å². The number of rotatable bonds is 3. The Labute approximate surface area is 111 Å². The molecule has 0 aliphatic heterocycles. The molecule has 0 fully saturated rings. The highest BCUT2D eigenvalue weighted by atomic mass is 16.5. The summed E-state index contributed by atoms with van der Waals surface area (Å²) in [4.78, 5) is 35.5. The van der Waals surface area contributed by atoms with Crippen LogP contribution in [0.2, 0.25) is 0 Å².